The van der Waals surface area contributed by atoms with Crippen molar-refractivity contribution in [2.75, 3.05) is 18.6 Å². The maximum Gasteiger partial charge on any atom is 0.459 e. The fraction of sp³-hybridized carbons (Fsp3) is 0.360. The number of hydrogen-bond donors (Lipinski definition) is 5. The summed E-state index contributed by atoms with van der Waals surface area (Å²) in [5.41, 5.74) is 4.70. The average Bonchev–Trinajstić information content (AvgIpc) is 3.44. The summed E-state index contributed by atoms with van der Waals surface area (Å²) in [5, 5.41) is 36.1. The van der Waals surface area contributed by atoms with Gasteiger partial charge in [-0.3, -0.25) is 13.9 Å². The third kappa shape index (κ3) is 5.62. The van der Waals surface area contributed by atoms with Gasteiger partial charge in [0.1, 0.15) is 40.1 Å². The van der Waals surface area contributed by atoms with E-state index in [4.69, 9.17) is 19.5 Å². The Kier molecular flexibility index (Phi) is 7.96. The normalized spacial score (nSPS) is 24.9. The van der Waals surface area contributed by atoms with E-state index < -0.39 is 50.4 Å². The van der Waals surface area contributed by atoms with Gasteiger partial charge in [-0.05, 0) is 31.6 Å². The predicted molar refractivity (Wildman–Crippen MR) is 150 cm³/mol. The molecule has 4 aromatic rings. The zero-order valence-corrected chi connectivity index (χ0v) is 24.0. The van der Waals surface area contributed by atoms with Crippen molar-refractivity contribution in [3.8, 4) is 5.75 Å². The first kappa shape index (κ1) is 29.2. The van der Waals surface area contributed by atoms with Gasteiger partial charge in [0.05, 0.1) is 12.9 Å². The fourth-order valence-corrected chi connectivity index (χ4v) is 6.61. The van der Waals surface area contributed by atoms with E-state index in [0.29, 0.717) is 15.9 Å². The van der Waals surface area contributed by atoms with Gasteiger partial charge >= 0.3 is 13.7 Å². The van der Waals surface area contributed by atoms with Gasteiger partial charge in [-0.2, -0.15) is 10.1 Å². The number of imidazole rings is 1. The Morgan fingerprint density at radius 2 is 2.02 bits per heavy atom. The van der Waals surface area contributed by atoms with E-state index in [1.807, 2.05) is 18.2 Å². The quantitative estimate of drug-likeness (QED) is 0.100. The number of aromatic nitrogens is 4. The van der Waals surface area contributed by atoms with Crippen molar-refractivity contribution in [1.82, 2.24) is 24.6 Å². The molecule has 6 N–H and O–H groups in total. The molecule has 5 rings (SSSR count). The second-order valence-electron chi connectivity index (χ2n) is 9.66. The summed E-state index contributed by atoms with van der Waals surface area (Å²) in [6.07, 6.45) is -0.732. The molecule has 1 aliphatic rings. The van der Waals surface area contributed by atoms with E-state index in [0.717, 1.165) is 5.39 Å². The van der Waals surface area contributed by atoms with Crippen LogP contribution in [0.3, 0.4) is 0 Å². The Morgan fingerprint density at radius 3 is 2.76 bits per heavy atom. The summed E-state index contributed by atoms with van der Waals surface area (Å²) < 4.78 is 32.7. The van der Waals surface area contributed by atoms with Crippen LogP contribution < -0.4 is 15.3 Å². The van der Waals surface area contributed by atoms with Crippen LogP contribution in [0.25, 0.3) is 21.9 Å². The minimum absolute atomic E-state index is 0.00757. The molecular formula is C25H29N6O8PS. The standard InChI is InChI=1S/C25H29N6O8PS/c1-13(22(33)34)30-40(36,39-16-10-6-8-14-7-4-5-9-15(14)16)37-11-17-19(32)25(2,35)23(38-17)31-12-27-18-20(31)28-24(26)29-21(18)41-3/h4-10,12-13,17,19,23,32,35H,11H2,1-3H3,(H,30,36)(H,33,34)(H2,26,28,29)/t13?,17-,19-,23?,25-,40?/m1/s1. The molecular weight excluding hydrogens is 575 g/mol. The van der Waals surface area contributed by atoms with Crippen LogP contribution in [0.1, 0.15) is 20.1 Å². The van der Waals surface area contributed by atoms with Crippen LogP contribution in [-0.4, -0.2) is 77.5 Å². The molecule has 6 atom stereocenters. The fourth-order valence-electron chi connectivity index (χ4n) is 4.56. The van der Waals surface area contributed by atoms with Crippen molar-refractivity contribution < 1.29 is 38.5 Å². The number of carboxylic acid groups (broad SMARTS) is 1. The minimum atomic E-state index is -4.38. The molecule has 0 amide bonds. The number of aliphatic hydroxyl groups excluding tert-OH is 1. The highest BCUT2D eigenvalue weighted by molar-refractivity contribution is 7.98. The van der Waals surface area contributed by atoms with Gasteiger partial charge in [0.25, 0.3) is 0 Å². The molecule has 1 saturated heterocycles. The predicted octanol–water partition coefficient (Wildman–Crippen LogP) is 2.56. The number of ether oxygens (including phenoxy) is 1. The van der Waals surface area contributed by atoms with Gasteiger partial charge in [-0.25, -0.2) is 14.5 Å². The lowest BCUT2D eigenvalue weighted by atomic mass is 9.96. The van der Waals surface area contributed by atoms with Gasteiger partial charge < -0.3 is 30.3 Å². The number of carbonyl (C=O) groups is 1. The maximum absolute atomic E-state index is 13.9. The van der Waals surface area contributed by atoms with Crippen molar-refractivity contribution in [2.45, 2.75) is 49.0 Å². The number of benzene rings is 2. The summed E-state index contributed by atoms with van der Waals surface area (Å²) in [6.45, 7) is 2.12. The number of fused-ring (bicyclic) bond motifs is 2. The highest BCUT2D eigenvalue weighted by Gasteiger charge is 2.54. The summed E-state index contributed by atoms with van der Waals surface area (Å²) >= 11 is 1.31. The highest BCUT2D eigenvalue weighted by atomic mass is 32.2. The molecule has 41 heavy (non-hydrogen) atoms. The summed E-state index contributed by atoms with van der Waals surface area (Å²) in [4.78, 5) is 24.3. The molecule has 1 fully saturated rings. The van der Waals surface area contributed by atoms with Crippen molar-refractivity contribution in [1.29, 1.82) is 0 Å². The van der Waals surface area contributed by atoms with Crippen LogP contribution in [0.15, 0.2) is 53.8 Å². The number of nitrogens with two attached hydrogens (primary N) is 1. The van der Waals surface area contributed by atoms with Crippen LogP contribution in [-0.2, 0) is 18.6 Å². The molecule has 2 aromatic carbocycles. The molecule has 0 spiro atoms. The van der Waals surface area contributed by atoms with Crippen LogP contribution >= 0.6 is 19.5 Å². The molecule has 16 heteroatoms. The van der Waals surface area contributed by atoms with Crippen molar-refractivity contribution in [2.24, 2.45) is 0 Å². The van der Waals surface area contributed by atoms with Crippen LogP contribution in [0, 0.1) is 0 Å². The summed E-state index contributed by atoms with van der Waals surface area (Å²) in [5.74, 6) is -1.10. The van der Waals surface area contributed by atoms with Crippen molar-refractivity contribution in [3.05, 3.63) is 48.8 Å². The number of aliphatic hydroxyl groups is 2. The van der Waals surface area contributed by atoms with Crippen molar-refractivity contribution in [3.63, 3.8) is 0 Å². The topological polar surface area (TPSA) is 204 Å². The molecule has 0 bridgehead atoms. The first-order chi connectivity index (χ1) is 19.4. The summed E-state index contributed by atoms with van der Waals surface area (Å²) in [7, 11) is -4.38. The van der Waals surface area contributed by atoms with E-state index in [-0.39, 0.29) is 17.3 Å². The van der Waals surface area contributed by atoms with E-state index in [1.165, 1.54) is 36.5 Å². The SMILES string of the molecule is CSc1nc(N)nc2c1ncn2C1O[C@H](COP(=O)(NC(C)C(=O)O)Oc2cccc3ccccc23)[C@@H](O)[C@@]1(C)O. The number of thioether (sulfide) groups is 1. The Morgan fingerprint density at radius 1 is 1.29 bits per heavy atom. The van der Waals surface area contributed by atoms with Crippen LogP contribution in [0.4, 0.5) is 5.95 Å². The Labute approximate surface area is 238 Å². The molecule has 3 unspecified atom stereocenters. The number of aliphatic carboxylic acids is 1. The second kappa shape index (κ2) is 11.2. The Balaban J connectivity index is 1.42. The van der Waals surface area contributed by atoms with Crippen LogP contribution in [0.2, 0.25) is 0 Å². The lowest BCUT2D eigenvalue weighted by molar-refractivity contribution is -0.138. The molecule has 0 aliphatic carbocycles. The first-order valence-electron chi connectivity index (χ1n) is 12.5. The molecule has 0 radical (unpaired) electrons. The zero-order chi connectivity index (χ0) is 29.5. The van der Waals surface area contributed by atoms with E-state index in [2.05, 4.69) is 20.0 Å². The smallest absolute Gasteiger partial charge is 0.459 e. The Hall–Kier alpha value is -3.30. The molecule has 3 heterocycles. The highest BCUT2D eigenvalue weighted by Crippen LogP contribution is 2.48. The van der Waals surface area contributed by atoms with Gasteiger partial charge in [0, 0.05) is 5.39 Å². The van der Waals surface area contributed by atoms with E-state index in [1.54, 1.807) is 30.5 Å². The molecule has 1 aliphatic heterocycles. The zero-order valence-electron chi connectivity index (χ0n) is 22.2. The number of nitrogens with zero attached hydrogens (tertiary/aromatic N) is 4. The van der Waals surface area contributed by atoms with Gasteiger partial charge in [-0.15, -0.1) is 11.8 Å². The number of anilines is 1. The molecule has 14 nitrogen and oxygen atoms in total. The molecule has 0 saturated carbocycles. The van der Waals surface area contributed by atoms with Gasteiger partial charge in [-0.1, -0.05) is 36.4 Å². The second-order valence-corrected chi connectivity index (χ2v) is 12.2. The number of rotatable bonds is 10. The van der Waals surface area contributed by atoms with E-state index in [9.17, 15) is 24.7 Å². The van der Waals surface area contributed by atoms with Gasteiger partial charge in [0.15, 0.2) is 11.9 Å². The largest absolute Gasteiger partial charge is 0.480 e. The lowest BCUT2D eigenvalue weighted by Gasteiger charge is -2.27. The van der Waals surface area contributed by atoms with Crippen LogP contribution in [0.5, 0.6) is 5.75 Å². The third-order valence-corrected chi connectivity index (χ3v) is 9.01. The van der Waals surface area contributed by atoms with E-state index >= 15 is 0 Å². The molecule has 218 valence electrons. The lowest BCUT2D eigenvalue weighted by Crippen LogP contribution is -2.44. The number of nitrogen functional groups attached to an aromatic ring is 1. The third-order valence-electron chi connectivity index (χ3n) is 6.71. The van der Waals surface area contributed by atoms with Crippen molar-refractivity contribution >= 4 is 53.4 Å². The Bertz CT molecular complexity index is 1650. The van der Waals surface area contributed by atoms with Gasteiger partial charge in [0.2, 0.25) is 5.95 Å². The number of carboxylic acids is 1. The monoisotopic (exact) mass is 604 g/mol. The molecule has 2 aromatic heterocycles. The summed E-state index contributed by atoms with van der Waals surface area (Å²) in [6, 6.07) is 11.0. The average molecular weight is 605 g/mol. The maximum atomic E-state index is 13.9. The first-order valence-corrected chi connectivity index (χ1v) is 15.2. The minimum Gasteiger partial charge on any atom is -0.480 e. The number of hydrogen-bond acceptors (Lipinski definition) is 12. The number of nitrogens with one attached hydrogen (secondary N) is 1.